The second kappa shape index (κ2) is 7.41. The first-order valence-electron chi connectivity index (χ1n) is 6.39. The van der Waals surface area contributed by atoms with Gasteiger partial charge in [0.25, 0.3) is 0 Å². The van der Waals surface area contributed by atoms with E-state index in [1.54, 1.807) is 0 Å². The van der Waals surface area contributed by atoms with Gasteiger partial charge in [0.15, 0.2) is 0 Å². The van der Waals surface area contributed by atoms with Crippen molar-refractivity contribution in [2.45, 2.75) is 45.7 Å². The topological polar surface area (TPSA) is 41.1 Å². The molecule has 0 saturated heterocycles. The highest BCUT2D eigenvalue weighted by molar-refractivity contribution is 9.10. The number of nitrogens with one attached hydrogen (secondary N) is 2. The van der Waals surface area contributed by atoms with Gasteiger partial charge in [0, 0.05) is 10.5 Å². The molecule has 1 atom stereocenters. The molecule has 1 aromatic rings. The number of benzene rings is 1. The molecule has 100 valence electrons. The number of amides is 2. The molecule has 0 unspecified atom stereocenters. The van der Waals surface area contributed by atoms with E-state index >= 15 is 0 Å². The molecule has 0 spiro atoms. The van der Waals surface area contributed by atoms with Crippen LogP contribution < -0.4 is 10.6 Å². The van der Waals surface area contributed by atoms with E-state index in [1.165, 1.54) is 0 Å². The van der Waals surface area contributed by atoms with E-state index < -0.39 is 0 Å². The zero-order valence-electron chi connectivity index (χ0n) is 11.2. The highest BCUT2D eigenvalue weighted by Crippen LogP contribution is 2.16. The van der Waals surface area contributed by atoms with Crippen LogP contribution in [0, 0.1) is 0 Å². The van der Waals surface area contributed by atoms with Gasteiger partial charge in [-0.05, 0) is 37.5 Å². The van der Waals surface area contributed by atoms with E-state index in [2.05, 4.69) is 40.4 Å². The van der Waals surface area contributed by atoms with Crippen LogP contribution in [-0.4, -0.2) is 12.1 Å². The van der Waals surface area contributed by atoms with Gasteiger partial charge in [0.2, 0.25) is 0 Å². The molecule has 0 bridgehead atoms. The summed E-state index contributed by atoms with van der Waals surface area (Å²) in [5, 5.41) is 5.92. The fourth-order valence-electron chi connectivity index (χ4n) is 1.75. The number of rotatable bonds is 5. The number of urea groups is 1. The number of hydrogen-bond donors (Lipinski definition) is 2. The predicted molar refractivity (Wildman–Crippen MR) is 78.6 cm³/mol. The smallest absolute Gasteiger partial charge is 0.315 e. The molecular weight excluding hydrogens is 292 g/mol. The van der Waals surface area contributed by atoms with Crippen LogP contribution in [0.2, 0.25) is 0 Å². The van der Waals surface area contributed by atoms with Crippen LogP contribution in [0.25, 0.3) is 0 Å². The normalized spacial score (nSPS) is 12.3. The van der Waals surface area contributed by atoms with E-state index in [4.69, 9.17) is 0 Å². The average molecular weight is 313 g/mol. The first-order valence-corrected chi connectivity index (χ1v) is 7.18. The molecule has 0 aliphatic rings. The van der Waals surface area contributed by atoms with Crippen molar-refractivity contribution in [3.05, 3.63) is 34.3 Å². The summed E-state index contributed by atoms with van der Waals surface area (Å²) in [5.74, 6) is 0. The second-order valence-corrected chi connectivity index (χ2v) is 5.32. The lowest BCUT2D eigenvalue weighted by Crippen LogP contribution is -2.42. The maximum atomic E-state index is 11.8. The lowest BCUT2D eigenvalue weighted by Gasteiger charge is -2.19. The van der Waals surface area contributed by atoms with Crippen molar-refractivity contribution < 1.29 is 4.79 Å². The van der Waals surface area contributed by atoms with Crippen LogP contribution >= 0.6 is 15.9 Å². The summed E-state index contributed by atoms with van der Waals surface area (Å²) in [6, 6.07) is 8.13. The first kappa shape index (κ1) is 15.0. The fourth-order valence-corrected chi connectivity index (χ4v) is 2.02. The molecule has 4 heteroatoms. The predicted octanol–water partition coefficient (Wildman–Crippen LogP) is 4.00. The Bertz CT molecular complexity index is 374. The minimum Gasteiger partial charge on any atom is -0.335 e. The van der Waals surface area contributed by atoms with Gasteiger partial charge in [-0.15, -0.1) is 0 Å². The van der Waals surface area contributed by atoms with Crippen LogP contribution in [0.3, 0.4) is 0 Å². The van der Waals surface area contributed by atoms with Crippen LogP contribution in [0.15, 0.2) is 28.7 Å². The summed E-state index contributed by atoms with van der Waals surface area (Å²) in [6.07, 6.45) is 1.91. The Hall–Kier alpha value is -1.03. The average Bonchev–Trinajstić information content (AvgIpc) is 2.36. The molecule has 0 fully saturated rings. The van der Waals surface area contributed by atoms with Gasteiger partial charge in [-0.3, -0.25) is 0 Å². The van der Waals surface area contributed by atoms with Gasteiger partial charge < -0.3 is 10.6 Å². The van der Waals surface area contributed by atoms with Crippen molar-refractivity contribution in [1.29, 1.82) is 0 Å². The van der Waals surface area contributed by atoms with Crippen molar-refractivity contribution in [3.8, 4) is 0 Å². The van der Waals surface area contributed by atoms with Crippen molar-refractivity contribution in [2.24, 2.45) is 0 Å². The van der Waals surface area contributed by atoms with Crippen molar-refractivity contribution >= 4 is 22.0 Å². The number of carbonyl (C=O) groups excluding carboxylic acids is 1. The summed E-state index contributed by atoms with van der Waals surface area (Å²) in [5.41, 5.74) is 1.10. The molecule has 0 aliphatic heterocycles. The molecule has 2 N–H and O–H groups in total. The van der Waals surface area contributed by atoms with Crippen LogP contribution in [-0.2, 0) is 0 Å². The molecule has 0 heterocycles. The van der Waals surface area contributed by atoms with Gasteiger partial charge in [0.1, 0.15) is 0 Å². The standard InChI is InChI=1S/C14H21BrN2O/c1-4-13(5-2)17-14(18)16-10(3)11-6-8-12(15)9-7-11/h6-10,13H,4-5H2,1-3H3,(H2,16,17,18)/t10-/m0/s1. The monoisotopic (exact) mass is 312 g/mol. The van der Waals surface area contributed by atoms with E-state index in [0.717, 1.165) is 22.9 Å². The maximum absolute atomic E-state index is 11.8. The minimum atomic E-state index is -0.0980. The second-order valence-electron chi connectivity index (χ2n) is 4.40. The Morgan fingerprint density at radius 2 is 1.72 bits per heavy atom. The molecule has 3 nitrogen and oxygen atoms in total. The number of carbonyl (C=O) groups is 1. The summed E-state index contributed by atoms with van der Waals surface area (Å²) >= 11 is 3.40. The summed E-state index contributed by atoms with van der Waals surface area (Å²) in [6.45, 7) is 6.13. The summed E-state index contributed by atoms with van der Waals surface area (Å²) in [7, 11) is 0. The Balaban J connectivity index is 2.51. The Kier molecular flexibility index (Phi) is 6.19. The molecule has 0 aliphatic carbocycles. The third kappa shape index (κ3) is 4.69. The molecule has 0 radical (unpaired) electrons. The summed E-state index contributed by atoms with van der Waals surface area (Å²) in [4.78, 5) is 11.8. The van der Waals surface area contributed by atoms with Crippen LogP contribution in [0.1, 0.15) is 45.2 Å². The molecule has 18 heavy (non-hydrogen) atoms. The van der Waals surface area contributed by atoms with Crippen LogP contribution in [0.5, 0.6) is 0 Å². The van der Waals surface area contributed by atoms with E-state index in [1.807, 2.05) is 31.2 Å². The largest absolute Gasteiger partial charge is 0.335 e. The molecule has 2 amide bonds. The quantitative estimate of drug-likeness (QED) is 0.847. The lowest BCUT2D eigenvalue weighted by atomic mass is 10.1. The number of halogens is 1. The zero-order chi connectivity index (χ0) is 13.5. The molecule has 1 aromatic carbocycles. The third-order valence-electron chi connectivity index (χ3n) is 3.04. The van der Waals surface area contributed by atoms with E-state index in [-0.39, 0.29) is 18.1 Å². The zero-order valence-corrected chi connectivity index (χ0v) is 12.8. The highest BCUT2D eigenvalue weighted by atomic mass is 79.9. The molecule has 0 aromatic heterocycles. The van der Waals surface area contributed by atoms with Crippen LogP contribution in [0.4, 0.5) is 4.79 Å². The Morgan fingerprint density at radius 1 is 1.17 bits per heavy atom. The Labute approximate surface area is 117 Å². The number of hydrogen-bond acceptors (Lipinski definition) is 1. The van der Waals surface area contributed by atoms with Crippen molar-refractivity contribution in [3.63, 3.8) is 0 Å². The SMILES string of the molecule is CCC(CC)NC(=O)N[C@@H](C)c1ccc(Br)cc1. The Morgan fingerprint density at radius 3 is 2.22 bits per heavy atom. The molecular formula is C14H21BrN2O. The van der Waals surface area contributed by atoms with E-state index in [0.29, 0.717) is 0 Å². The molecule has 1 rings (SSSR count). The van der Waals surface area contributed by atoms with Crippen molar-refractivity contribution in [2.75, 3.05) is 0 Å². The maximum Gasteiger partial charge on any atom is 0.315 e. The van der Waals surface area contributed by atoms with Gasteiger partial charge in [-0.2, -0.15) is 0 Å². The minimum absolute atomic E-state index is 0.00691. The van der Waals surface area contributed by atoms with Crippen molar-refractivity contribution in [1.82, 2.24) is 10.6 Å². The van der Waals surface area contributed by atoms with Gasteiger partial charge >= 0.3 is 6.03 Å². The summed E-state index contributed by atoms with van der Waals surface area (Å²) < 4.78 is 1.04. The fraction of sp³-hybridized carbons (Fsp3) is 0.500. The lowest BCUT2D eigenvalue weighted by molar-refractivity contribution is 0.233. The third-order valence-corrected chi connectivity index (χ3v) is 3.57. The van der Waals surface area contributed by atoms with E-state index in [9.17, 15) is 4.79 Å². The molecule has 0 saturated carbocycles. The van der Waals surface area contributed by atoms with Gasteiger partial charge in [-0.25, -0.2) is 4.79 Å². The highest BCUT2D eigenvalue weighted by Gasteiger charge is 2.11. The first-order chi connectivity index (χ1) is 8.56. The van der Waals surface area contributed by atoms with Gasteiger partial charge in [0.05, 0.1) is 6.04 Å². The van der Waals surface area contributed by atoms with Gasteiger partial charge in [-0.1, -0.05) is 41.9 Å².